The number of nitro groups is 1. The lowest BCUT2D eigenvalue weighted by Gasteiger charge is -2.15. The van der Waals surface area contributed by atoms with Crippen molar-refractivity contribution in [3.63, 3.8) is 0 Å². The molecule has 1 atom stereocenters. The van der Waals surface area contributed by atoms with Gasteiger partial charge in [0, 0.05) is 6.04 Å². The summed E-state index contributed by atoms with van der Waals surface area (Å²) in [5.41, 5.74) is -0.673. The van der Waals surface area contributed by atoms with E-state index in [1.807, 2.05) is 0 Å². The van der Waals surface area contributed by atoms with Gasteiger partial charge in [0.1, 0.15) is 14.9 Å². The summed E-state index contributed by atoms with van der Waals surface area (Å²) in [5, 5.41) is 19.0. The Kier molecular flexibility index (Phi) is 5.72. The molecular weight excluding hydrogens is 331 g/mol. The average molecular weight is 343 g/mol. The van der Waals surface area contributed by atoms with E-state index >= 15 is 0 Å². The zero-order valence-electron chi connectivity index (χ0n) is 10.3. The molecule has 0 bridgehead atoms. The van der Waals surface area contributed by atoms with Crippen molar-refractivity contribution in [2.45, 2.75) is 24.3 Å². The fourth-order valence-electron chi connectivity index (χ4n) is 1.43. The fraction of sp³-hybridized carbons (Fsp3) is 0.400. The van der Waals surface area contributed by atoms with Crippen LogP contribution >= 0.6 is 23.2 Å². The molecule has 2 N–H and O–H groups in total. The molecule has 0 heterocycles. The first-order valence-corrected chi connectivity index (χ1v) is 7.74. The molecule has 1 aromatic carbocycles. The van der Waals surface area contributed by atoms with Crippen molar-refractivity contribution in [1.82, 2.24) is 4.72 Å². The van der Waals surface area contributed by atoms with Crippen molar-refractivity contribution < 1.29 is 18.4 Å². The number of nitrogens with zero attached hydrogens (tertiary/aromatic N) is 1. The summed E-state index contributed by atoms with van der Waals surface area (Å²) in [6.45, 7) is 1.28. The summed E-state index contributed by atoms with van der Waals surface area (Å²) in [6, 6.07) is 1.45. The van der Waals surface area contributed by atoms with Crippen LogP contribution in [0.25, 0.3) is 0 Å². The smallest absolute Gasteiger partial charge is 0.307 e. The molecule has 0 amide bonds. The number of aliphatic hydroxyl groups excluding tert-OH is 1. The maximum atomic E-state index is 12.1. The molecule has 0 aliphatic carbocycles. The second-order valence-electron chi connectivity index (χ2n) is 3.87. The molecule has 0 saturated heterocycles. The van der Waals surface area contributed by atoms with Gasteiger partial charge in [-0.15, -0.1) is 0 Å². The Balaban J connectivity index is 3.33. The number of sulfonamides is 1. The third-order valence-corrected chi connectivity index (χ3v) is 4.90. The monoisotopic (exact) mass is 342 g/mol. The minimum atomic E-state index is -4.09. The largest absolute Gasteiger partial charge is 0.395 e. The van der Waals surface area contributed by atoms with Gasteiger partial charge in [-0.1, -0.05) is 30.1 Å². The molecule has 0 aliphatic rings. The van der Waals surface area contributed by atoms with Gasteiger partial charge in [-0.3, -0.25) is 10.1 Å². The number of hydrogen-bond donors (Lipinski definition) is 2. The summed E-state index contributed by atoms with van der Waals surface area (Å²) in [6.07, 6.45) is 0.350. The minimum Gasteiger partial charge on any atom is -0.395 e. The van der Waals surface area contributed by atoms with Crippen molar-refractivity contribution in [2.75, 3.05) is 6.61 Å². The Morgan fingerprint density at radius 1 is 1.45 bits per heavy atom. The second-order valence-corrected chi connectivity index (χ2v) is 6.34. The number of nitro benzene ring substituents is 1. The highest BCUT2D eigenvalue weighted by molar-refractivity contribution is 7.89. The molecule has 0 spiro atoms. The maximum Gasteiger partial charge on any atom is 0.307 e. The quantitative estimate of drug-likeness (QED) is 0.606. The van der Waals surface area contributed by atoms with Crippen molar-refractivity contribution in [1.29, 1.82) is 0 Å². The van der Waals surface area contributed by atoms with Crippen LogP contribution in [-0.4, -0.2) is 31.1 Å². The topological polar surface area (TPSA) is 110 Å². The molecule has 112 valence electrons. The van der Waals surface area contributed by atoms with E-state index < -0.39 is 43.2 Å². The number of benzene rings is 1. The van der Waals surface area contributed by atoms with E-state index in [1.165, 1.54) is 0 Å². The molecule has 0 aliphatic heterocycles. The summed E-state index contributed by atoms with van der Waals surface area (Å²) in [4.78, 5) is 9.53. The van der Waals surface area contributed by atoms with Gasteiger partial charge in [0.2, 0.25) is 10.0 Å². The van der Waals surface area contributed by atoms with Crippen molar-refractivity contribution >= 4 is 38.9 Å². The van der Waals surface area contributed by atoms with Crippen molar-refractivity contribution in [2.24, 2.45) is 0 Å². The zero-order chi connectivity index (χ0) is 15.5. The first-order valence-electron chi connectivity index (χ1n) is 5.50. The molecule has 10 heteroatoms. The van der Waals surface area contributed by atoms with Gasteiger partial charge in [0.05, 0.1) is 11.5 Å². The Morgan fingerprint density at radius 2 is 2.05 bits per heavy atom. The van der Waals surface area contributed by atoms with Crippen LogP contribution < -0.4 is 4.72 Å². The number of nitrogens with one attached hydrogen (secondary N) is 1. The van der Waals surface area contributed by atoms with E-state index in [0.717, 1.165) is 12.1 Å². The number of rotatable bonds is 6. The SMILES string of the molecule is CC[C@@H](CO)NS(=O)(=O)c1ccc(Cl)c([N+](=O)[O-])c1Cl. The Morgan fingerprint density at radius 3 is 2.50 bits per heavy atom. The van der Waals surface area contributed by atoms with E-state index in [0.29, 0.717) is 6.42 Å². The van der Waals surface area contributed by atoms with Gasteiger partial charge >= 0.3 is 5.69 Å². The Hall–Kier alpha value is -0.930. The number of aliphatic hydroxyl groups is 1. The number of halogens is 2. The van der Waals surface area contributed by atoms with E-state index in [4.69, 9.17) is 28.3 Å². The van der Waals surface area contributed by atoms with Crippen LogP contribution in [0.15, 0.2) is 17.0 Å². The van der Waals surface area contributed by atoms with Gasteiger partial charge in [-0.25, -0.2) is 13.1 Å². The normalized spacial score (nSPS) is 13.2. The van der Waals surface area contributed by atoms with E-state index in [-0.39, 0.29) is 5.02 Å². The molecule has 0 saturated carbocycles. The van der Waals surface area contributed by atoms with E-state index in [9.17, 15) is 18.5 Å². The first kappa shape index (κ1) is 17.1. The van der Waals surface area contributed by atoms with Crippen molar-refractivity contribution in [3.05, 3.63) is 32.3 Å². The first-order chi connectivity index (χ1) is 9.24. The van der Waals surface area contributed by atoms with Gasteiger partial charge < -0.3 is 5.11 Å². The number of hydrogen-bond acceptors (Lipinski definition) is 5. The predicted molar refractivity (Wildman–Crippen MR) is 74.6 cm³/mol. The molecule has 20 heavy (non-hydrogen) atoms. The van der Waals surface area contributed by atoms with Crippen molar-refractivity contribution in [3.8, 4) is 0 Å². The zero-order valence-corrected chi connectivity index (χ0v) is 12.7. The Labute approximate surface area is 125 Å². The highest BCUT2D eigenvalue weighted by atomic mass is 35.5. The molecule has 0 radical (unpaired) electrons. The lowest BCUT2D eigenvalue weighted by atomic mass is 10.3. The van der Waals surface area contributed by atoms with E-state index in [2.05, 4.69) is 4.72 Å². The van der Waals surface area contributed by atoms with Crippen LogP contribution in [0, 0.1) is 10.1 Å². The highest BCUT2D eigenvalue weighted by Gasteiger charge is 2.28. The van der Waals surface area contributed by atoms with Gasteiger partial charge in [0.25, 0.3) is 0 Å². The van der Waals surface area contributed by atoms with Gasteiger partial charge in [0.15, 0.2) is 0 Å². The molecular formula is C10H12Cl2N2O5S. The predicted octanol–water partition coefficient (Wildman–Crippen LogP) is 1.95. The maximum absolute atomic E-state index is 12.1. The summed E-state index contributed by atoms with van der Waals surface area (Å²) < 4.78 is 26.4. The molecule has 1 rings (SSSR count). The summed E-state index contributed by atoms with van der Waals surface area (Å²) in [5.74, 6) is 0. The van der Waals surface area contributed by atoms with Crippen LogP contribution in [-0.2, 0) is 10.0 Å². The standard InChI is InChI=1S/C10H12Cl2N2O5S/c1-2-6(5-15)13-20(18,19)8-4-3-7(11)10(9(8)12)14(16)17/h3-4,6,13,15H,2,5H2,1H3/t6-/m0/s1. The molecule has 0 unspecified atom stereocenters. The molecule has 0 aromatic heterocycles. The lowest BCUT2D eigenvalue weighted by molar-refractivity contribution is -0.384. The van der Waals surface area contributed by atoms with E-state index in [1.54, 1.807) is 6.92 Å². The summed E-state index contributed by atoms with van der Waals surface area (Å²) in [7, 11) is -4.09. The molecule has 0 fully saturated rings. The van der Waals surface area contributed by atoms with Crippen LogP contribution in [0.2, 0.25) is 10.0 Å². The minimum absolute atomic E-state index is 0.256. The fourth-order valence-corrected chi connectivity index (χ4v) is 3.63. The van der Waals surface area contributed by atoms with Crippen LogP contribution in [0.1, 0.15) is 13.3 Å². The second kappa shape index (κ2) is 6.68. The average Bonchev–Trinajstić information content (AvgIpc) is 2.35. The third kappa shape index (κ3) is 3.58. The van der Waals surface area contributed by atoms with Crippen LogP contribution in [0.4, 0.5) is 5.69 Å². The van der Waals surface area contributed by atoms with Gasteiger partial charge in [-0.05, 0) is 18.6 Å². The van der Waals surface area contributed by atoms with Crippen LogP contribution in [0.3, 0.4) is 0 Å². The third-order valence-electron chi connectivity index (χ3n) is 2.54. The van der Waals surface area contributed by atoms with Crippen LogP contribution in [0.5, 0.6) is 0 Å². The summed E-state index contributed by atoms with van der Waals surface area (Å²) >= 11 is 11.4. The van der Waals surface area contributed by atoms with Gasteiger partial charge in [-0.2, -0.15) is 0 Å². The Bertz CT molecular complexity index is 616. The highest BCUT2D eigenvalue weighted by Crippen LogP contribution is 2.37. The molecule has 7 nitrogen and oxygen atoms in total. The lowest BCUT2D eigenvalue weighted by Crippen LogP contribution is -2.37. The molecule has 1 aromatic rings.